The highest BCUT2D eigenvalue weighted by Crippen LogP contribution is 2.09. The highest BCUT2D eigenvalue weighted by atomic mass is 79.9. The predicted molar refractivity (Wildman–Crippen MR) is 75.9 cm³/mol. The first kappa shape index (κ1) is 16.1. The number of aryl methyl sites for hydroxylation is 2. The lowest BCUT2D eigenvalue weighted by molar-refractivity contribution is -0.132. The fraction of sp³-hybridized carbons (Fsp3) is 0.500. The van der Waals surface area contributed by atoms with E-state index in [1.807, 2.05) is 31.2 Å². The maximum atomic E-state index is 12.4. The van der Waals surface area contributed by atoms with Crippen molar-refractivity contribution in [1.29, 1.82) is 0 Å². The Morgan fingerprint density at radius 2 is 2.16 bits per heavy atom. The summed E-state index contributed by atoms with van der Waals surface area (Å²) < 4.78 is 24.8. The van der Waals surface area contributed by atoms with E-state index in [9.17, 15) is 13.6 Å². The van der Waals surface area contributed by atoms with Gasteiger partial charge in [-0.15, -0.1) is 0 Å². The van der Waals surface area contributed by atoms with Gasteiger partial charge in [0.2, 0.25) is 5.91 Å². The van der Waals surface area contributed by atoms with Crippen LogP contribution >= 0.6 is 15.9 Å². The molecule has 0 atom stereocenters. The molecule has 106 valence electrons. The van der Waals surface area contributed by atoms with Crippen molar-refractivity contribution in [1.82, 2.24) is 4.90 Å². The third-order valence-corrected chi connectivity index (χ3v) is 3.13. The second-order valence-electron chi connectivity index (χ2n) is 4.41. The second kappa shape index (κ2) is 8.25. The zero-order chi connectivity index (χ0) is 14.3. The van der Waals surface area contributed by atoms with Gasteiger partial charge >= 0.3 is 0 Å². The Morgan fingerprint density at radius 1 is 1.42 bits per heavy atom. The molecule has 19 heavy (non-hydrogen) atoms. The molecular formula is C14H18BrF2NO. The lowest BCUT2D eigenvalue weighted by atomic mass is 10.1. The zero-order valence-electron chi connectivity index (χ0n) is 10.9. The summed E-state index contributed by atoms with van der Waals surface area (Å²) in [5.41, 5.74) is 2.19. The molecule has 0 saturated carbocycles. The third kappa shape index (κ3) is 6.14. The molecule has 0 N–H and O–H groups in total. The van der Waals surface area contributed by atoms with Crippen LogP contribution in [0.3, 0.4) is 0 Å². The highest BCUT2D eigenvalue weighted by molar-refractivity contribution is 9.09. The van der Waals surface area contributed by atoms with Gasteiger partial charge in [0.1, 0.15) is 0 Å². The Balaban J connectivity index is 2.52. The minimum atomic E-state index is -2.48. The van der Waals surface area contributed by atoms with Crippen LogP contribution in [0.2, 0.25) is 0 Å². The number of rotatable bonds is 7. The van der Waals surface area contributed by atoms with E-state index in [-0.39, 0.29) is 12.3 Å². The lowest BCUT2D eigenvalue weighted by Crippen LogP contribution is -2.36. The summed E-state index contributed by atoms with van der Waals surface area (Å²) in [7, 11) is 0. The van der Waals surface area contributed by atoms with E-state index in [0.717, 1.165) is 11.1 Å². The molecule has 2 nitrogen and oxygen atoms in total. The standard InChI is InChI=1S/C14H18BrF2NO/c1-11-3-2-4-12(9-11)5-6-14(19)18(8-7-15)10-13(16)17/h2-4,9,13H,5-8,10H2,1H3. The number of hydrogen-bond donors (Lipinski definition) is 0. The molecule has 0 aliphatic rings. The summed E-state index contributed by atoms with van der Waals surface area (Å²) in [5.74, 6) is -0.221. The van der Waals surface area contributed by atoms with Crippen molar-refractivity contribution in [3.63, 3.8) is 0 Å². The fourth-order valence-electron chi connectivity index (χ4n) is 1.86. The van der Waals surface area contributed by atoms with Crippen LogP contribution in [-0.4, -0.2) is 35.7 Å². The van der Waals surface area contributed by atoms with E-state index in [4.69, 9.17) is 0 Å². The Labute approximate surface area is 120 Å². The van der Waals surface area contributed by atoms with E-state index in [2.05, 4.69) is 15.9 Å². The Bertz CT molecular complexity index is 412. The Morgan fingerprint density at radius 3 is 2.74 bits per heavy atom. The first-order chi connectivity index (χ1) is 9.02. The van der Waals surface area contributed by atoms with E-state index >= 15 is 0 Å². The van der Waals surface area contributed by atoms with Gasteiger partial charge in [-0.1, -0.05) is 45.8 Å². The topological polar surface area (TPSA) is 20.3 Å². The van der Waals surface area contributed by atoms with Gasteiger partial charge in [0.05, 0.1) is 6.54 Å². The molecular weight excluding hydrogens is 316 g/mol. The smallest absolute Gasteiger partial charge is 0.255 e. The van der Waals surface area contributed by atoms with Crippen LogP contribution in [0.5, 0.6) is 0 Å². The monoisotopic (exact) mass is 333 g/mol. The van der Waals surface area contributed by atoms with Crippen LogP contribution in [0.25, 0.3) is 0 Å². The first-order valence-corrected chi connectivity index (χ1v) is 7.32. The van der Waals surface area contributed by atoms with Crippen molar-refractivity contribution in [2.24, 2.45) is 0 Å². The quantitative estimate of drug-likeness (QED) is 0.700. The summed E-state index contributed by atoms with van der Waals surface area (Å²) in [6.45, 7) is 1.81. The van der Waals surface area contributed by atoms with Crippen molar-refractivity contribution >= 4 is 21.8 Å². The molecule has 0 aliphatic carbocycles. The molecule has 0 heterocycles. The number of halogens is 3. The van der Waals surface area contributed by atoms with Gasteiger partial charge < -0.3 is 4.90 Å². The summed E-state index contributed by atoms with van der Waals surface area (Å²) in [5, 5.41) is 0.510. The minimum Gasteiger partial charge on any atom is -0.336 e. The van der Waals surface area contributed by atoms with Gasteiger partial charge in [-0.3, -0.25) is 4.79 Å². The summed E-state index contributed by atoms with van der Waals surface area (Å²) in [4.78, 5) is 13.1. The van der Waals surface area contributed by atoms with E-state index in [1.54, 1.807) is 0 Å². The van der Waals surface area contributed by atoms with E-state index < -0.39 is 13.0 Å². The van der Waals surface area contributed by atoms with Gasteiger partial charge in [-0.2, -0.15) is 0 Å². The van der Waals surface area contributed by atoms with Gasteiger partial charge in [0.25, 0.3) is 6.43 Å². The van der Waals surface area contributed by atoms with Crippen LogP contribution in [0.1, 0.15) is 17.5 Å². The van der Waals surface area contributed by atoms with Gasteiger partial charge in [-0.05, 0) is 18.9 Å². The number of amides is 1. The van der Waals surface area contributed by atoms with Crippen LogP contribution in [-0.2, 0) is 11.2 Å². The highest BCUT2D eigenvalue weighted by Gasteiger charge is 2.17. The van der Waals surface area contributed by atoms with Crippen molar-refractivity contribution in [2.45, 2.75) is 26.2 Å². The minimum absolute atomic E-state index is 0.221. The average molecular weight is 334 g/mol. The predicted octanol–water partition coefficient (Wildman–Crippen LogP) is 3.42. The number of carbonyl (C=O) groups excluding carboxylic acids is 1. The number of alkyl halides is 3. The average Bonchev–Trinajstić information content (AvgIpc) is 2.35. The summed E-state index contributed by atoms with van der Waals surface area (Å²) in [6.07, 6.45) is -1.63. The van der Waals surface area contributed by atoms with Crippen molar-refractivity contribution < 1.29 is 13.6 Å². The van der Waals surface area contributed by atoms with Crippen LogP contribution < -0.4 is 0 Å². The first-order valence-electron chi connectivity index (χ1n) is 6.20. The maximum Gasteiger partial charge on any atom is 0.255 e. The largest absolute Gasteiger partial charge is 0.336 e. The second-order valence-corrected chi connectivity index (χ2v) is 5.20. The number of carbonyl (C=O) groups is 1. The maximum absolute atomic E-state index is 12.4. The third-order valence-electron chi connectivity index (χ3n) is 2.78. The Hall–Kier alpha value is -0.970. The summed E-state index contributed by atoms with van der Waals surface area (Å²) >= 11 is 3.18. The normalized spacial score (nSPS) is 10.8. The molecule has 1 aromatic carbocycles. The molecule has 0 unspecified atom stereocenters. The van der Waals surface area contributed by atoms with Crippen molar-refractivity contribution in [2.75, 3.05) is 18.4 Å². The molecule has 0 aliphatic heterocycles. The molecule has 0 radical (unpaired) electrons. The number of benzene rings is 1. The number of nitrogens with zero attached hydrogens (tertiary/aromatic N) is 1. The van der Waals surface area contributed by atoms with Gasteiger partial charge in [-0.25, -0.2) is 8.78 Å². The number of hydrogen-bond acceptors (Lipinski definition) is 1. The Kier molecular flexibility index (Phi) is 6.99. The molecule has 0 bridgehead atoms. The van der Waals surface area contributed by atoms with Crippen LogP contribution in [0, 0.1) is 6.92 Å². The van der Waals surface area contributed by atoms with Crippen molar-refractivity contribution in [3.05, 3.63) is 35.4 Å². The SMILES string of the molecule is Cc1cccc(CCC(=O)N(CCBr)CC(F)F)c1. The molecule has 0 fully saturated rings. The molecule has 1 aromatic rings. The lowest BCUT2D eigenvalue weighted by Gasteiger charge is -2.21. The van der Waals surface area contributed by atoms with Gasteiger partial charge in [0.15, 0.2) is 0 Å². The van der Waals surface area contributed by atoms with E-state index in [0.29, 0.717) is 18.3 Å². The molecule has 1 rings (SSSR count). The molecule has 0 aromatic heterocycles. The molecule has 0 saturated heterocycles. The van der Waals surface area contributed by atoms with Crippen LogP contribution in [0.15, 0.2) is 24.3 Å². The molecule has 5 heteroatoms. The summed E-state index contributed by atoms with van der Waals surface area (Å²) in [6, 6.07) is 7.88. The van der Waals surface area contributed by atoms with Crippen LogP contribution in [0.4, 0.5) is 8.78 Å². The molecule has 1 amide bonds. The fourth-order valence-corrected chi connectivity index (χ4v) is 2.29. The van der Waals surface area contributed by atoms with Crippen molar-refractivity contribution in [3.8, 4) is 0 Å². The van der Waals surface area contributed by atoms with E-state index in [1.165, 1.54) is 4.90 Å². The molecule has 0 spiro atoms. The zero-order valence-corrected chi connectivity index (χ0v) is 12.5. The van der Waals surface area contributed by atoms with Gasteiger partial charge in [0, 0.05) is 18.3 Å².